The van der Waals surface area contributed by atoms with E-state index in [1.54, 1.807) is 0 Å². The molecule has 0 aromatic heterocycles. The van der Waals surface area contributed by atoms with Gasteiger partial charge in [0.2, 0.25) is 0 Å². The van der Waals surface area contributed by atoms with Crippen LogP contribution in [0.25, 0.3) is 0 Å². The van der Waals surface area contributed by atoms with E-state index in [4.69, 9.17) is 4.74 Å². The van der Waals surface area contributed by atoms with Crippen molar-refractivity contribution in [3.8, 4) is 0 Å². The summed E-state index contributed by atoms with van der Waals surface area (Å²) < 4.78 is 5.57. The Hall–Kier alpha value is -0.410. The maximum atomic E-state index is 11.4. The lowest BCUT2D eigenvalue weighted by Gasteiger charge is -2.37. The Balaban J connectivity index is 2.48. The average Bonchev–Trinajstić information content (AvgIpc) is 2.18. The second kappa shape index (κ2) is 5.47. The number of carbonyl (C=O) groups excluding carboxylic acids is 1. The highest BCUT2D eigenvalue weighted by atomic mass is 16.5. The van der Waals surface area contributed by atoms with Gasteiger partial charge in [-0.2, -0.15) is 0 Å². The zero-order valence-electron chi connectivity index (χ0n) is 9.45. The minimum absolute atomic E-state index is 0.266. The summed E-state index contributed by atoms with van der Waals surface area (Å²) in [4.78, 5) is 13.6. The molecule has 0 N–H and O–H groups in total. The molecule has 0 saturated carbocycles. The number of nitrogens with zero attached hydrogens (tertiary/aromatic N) is 1. The predicted molar refractivity (Wildman–Crippen MR) is 56.4 cm³/mol. The molecule has 1 aliphatic rings. The first-order valence-corrected chi connectivity index (χ1v) is 5.54. The molecule has 1 aliphatic heterocycles. The van der Waals surface area contributed by atoms with E-state index in [2.05, 4.69) is 18.7 Å². The molecule has 0 bridgehead atoms. The maximum Gasteiger partial charge on any atom is 0.146 e. The fourth-order valence-corrected chi connectivity index (χ4v) is 1.82. The summed E-state index contributed by atoms with van der Waals surface area (Å²) >= 11 is 0. The summed E-state index contributed by atoms with van der Waals surface area (Å²) in [5.41, 5.74) is 0. The molecule has 2 atom stereocenters. The van der Waals surface area contributed by atoms with Crippen molar-refractivity contribution in [2.45, 2.75) is 45.8 Å². The molecule has 3 heteroatoms. The Morgan fingerprint density at radius 2 is 2.21 bits per heavy atom. The Bertz CT molecular complexity index is 194. The van der Waals surface area contributed by atoms with Crippen molar-refractivity contribution < 1.29 is 9.53 Å². The monoisotopic (exact) mass is 199 g/mol. The molecule has 0 spiro atoms. The number of hydrogen-bond acceptors (Lipinski definition) is 3. The molecule has 1 fully saturated rings. The molecule has 0 radical (unpaired) electrons. The van der Waals surface area contributed by atoms with E-state index in [1.165, 1.54) is 0 Å². The van der Waals surface area contributed by atoms with Gasteiger partial charge in [-0.05, 0) is 13.3 Å². The molecule has 2 unspecified atom stereocenters. The van der Waals surface area contributed by atoms with Gasteiger partial charge in [0.15, 0.2) is 0 Å². The SMILES string of the molecule is CCC(=O)CN1CC(C)OCC1CC. The van der Waals surface area contributed by atoms with Crippen LogP contribution in [0.3, 0.4) is 0 Å². The maximum absolute atomic E-state index is 11.4. The van der Waals surface area contributed by atoms with Crippen LogP contribution in [0.4, 0.5) is 0 Å². The van der Waals surface area contributed by atoms with Crippen molar-refractivity contribution in [3.05, 3.63) is 0 Å². The third kappa shape index (κ3) is 3.07. The van der Waals surface area contributed by atoms with E-state index in [0.29, 0.717) is 24.8 Å². The molecule has 0 amide bonds. The van der Waals surface area contributed by atoms with Gasteiger partial charge in [0.1, 0.15) is 5.78 Å². The number of carbonyl (C=O) groups is 1. The Morgan fingerprint density at radius 1 is 1.50 bits per heavy atom. The minimum Gasteiger partial charge on any atom is -0.376 e. The number of hydrogen-bond donors (Lipinski definition) is 0. The van der Waals surface area contributed by atoms with Crippen LogP contribution in [0.2, 0.25) is 0 Å². The zero-order chi connectivity index (χ0) is 10.6. The topological polar surface area (TPSA) is 29.5 Å². The van der Waals surface area contributed by atoms with Gasteiger partial charge in [-0.3, -0.25) is 9.69 Å². The van der Waals surface area contributed by atoms with Crippen molar-refractivity contribution >= 4 is 5.78 Å². The Morgan fingerprint density at radius 3 is 2.79 bits per heavy atom. The number of rotatable bonds is 4. The van der Waals surface area contributed by atoms with Gasteiger partial charge in [-0.25, -0.2) is 0 Å². The number of ether oxygens (including phenoxy) is 1. The summed E-state index contributed by atoms with van der Waals surface area (Å²) in [6, 6.07) is 0.432. The molecular formula is C11H21NO2. The second-order valence-electron chi connectivity index (χ2n) is 4.03. The van der Waals surface area contributed by atoms with Crippen LogP contribution in [-0.2, 0) is 9.53 Å². The fourth-order valence-electron chi connectivity index (χ4n) is 1.82. The van der Waals surface area contributed by atoms with E-state index in [-0.39, 0.29) is 6.10 Å². The van der Waals surface area contributed by atoms with Crippen molar-refractivity contribution in [2.24, 2.45) is 0 Å². The first-order valence-electron chi connectivity index (χ1n) is 5.54. The zero-order valence-corrected chi connectivity index (χ0v) is 9.45. The fraction of sp³-hybridized carbons (Fsp3) is 0.909. The third-order valence-electron chi connectivity index (χ3n) is 2.83. The van der Waals surface area contributed by atoms with Crippen LogP contribution in [0.15, 0.2) is 0 Å². The average molecular weight is 199 g/mol. The molecule has 1 rings (SSSR count). The van der Waals surface area contributed by atoms with E-state index in [1.807, 2.05) is 6.92 Å². The molecule has 1 heterocycles. The van der Waals surface area contributed by atoms with Gasteiger partial charge >= 0.3 is 0 Å². The lowest BCUT2D eigenvalue weighted by molar-refractivity contribution is -0.124. The van der Waals surface area contributed by atoms with Gasteiger partial charge in [0, 0.05) is 19.0 Å². The summed E-state index contributed by atoms with van der Waals surface area (Å²) in [6.45, 7) is 8.40. The summed E-state index contributed by atoms with van der Waals surface area (Å²) in [5.74, 6) is 0.331. The molecule has 0 aromatic rings. The predicted octanol–water partition coefficient (Wildman–Crippen LogP) is 1.46. The standard InChI is InChI=1S/C11H21NO2/c1-4-10-8-14-9(3)6-12(10)7-11(13)5-2/h9-10H,4-8H2,1-3H3. The van der Waals surface area contributed by atoms with E-state index in [0.717, 1.165) is 19.6 Å². The van der Waals surface area contributed by atoms with Crippen LogP contribution >= 0.6 is 0 Å². The van der Waals surface area contributed by atoms with Crippen LogP contribution < -0.4 is 0 Å². The molecule has 1 saturated heterocycles. The van der Waals surface area contributed by atoms with Crippen molar-refractivity contribution in [1.82, 2.24) is 4.90 Å². The number of ketones is 1. The van der Waals surface area contributed by atoms with Gasteiger partial charge in [0.25, 0.3) is 0 Å². The quantitative estimate of drug-likeness (QED) is 0.686. The molecule has 82 valence electrons. The van der Waals surface area contributed by atoms with Gasteiger partial charge in [-0.15, -0.1) is 0 Å². The Labute approximate surface area is 86.4 Å². The molecular weight excluding hydrogens is 178 g/mol. The molecule has 0 aliphatic carbocycles. The third-order valence-corrected chi connectivity index (χ3v) is 2.83. The van der Waals surface area contributed by atoms with Crippen LogP contribution in [0.5, 0.6) is 0 Å². The summed E-state index contributed by atoms with van der Waals surface area (Å²) in [7, 11) is 0. The lowest BCUT2D eigenvalue weighted by atomic mass is 10.1. The highest BCUT2D eigenvalue weighted by Crippen LogP contribution is 2.14. The smallest absolute Gasteiger partial charge is 0.146 e. The normalized spacial score (nSPS) is 29.1. The minimum atomic E-state index is 0.266. The summed E-state index contributed by atoms with van der Waals surface area (Å²) in [5, 5.41) is 0. The molecule has 0 aromatic carbocycles. The van der Waals surface area contributed by atoms with Gasteiger partial charge in [0.05, 0.1) is 19.3 Å². The Kier molecular flexibility index (Phi) is 4.55. The van der Waals surface area contributed by atoms with Crippen LogP contribution in [0, 0.1) is 0 Å². The largest absolute Gasteiger partial charge is 0.376 e. The van der Waals surface area contributed by atoms with Crippen molar-refractivity contribution in [2.75, 3.05) is 19.7 Å². The van der Waals surface area contributed by atoms with Crippen molar-refractivity contribution in [1.29, 1.82) is 0 Å². The lowest BCUT2D eigenvalue weighted by Crippen LogP contribution is -2.50. The van der Waals surface area contributed by atoms with Gasteiger partial charge in [-0.1, -0.05) is 13.8 Å². The van der Waals surface area contributed by atoms with Crippen molar-refractivity contribution in [3.63, 3.8) is 0 Å². The molecule has 3 nitrogen and oxygen atoms in total. The van der Waals surface area contributed by atoms with Gasteiger partial charge < -0.3 is 4.74 Å². The van der Waals surface area contributed by atoms with E-state index < -0.39 is 0 Å². The summed E-state index contributed by atoms with van der Waals surface area (Å²) in [6.07, 6.45) is 1.97. The highest BCUT2D eigenvalue weighted by molar-refractivity contribution is 5.80. The first-order chi connectivity index (χ1) is 6.67. The highest BCUT2D eigenvalue weighted by Gasteiger charge is 2.26. The second-order valence-corrected chi connectivity index (χ2v) is 4.03. The van der Waals surface area contributed by atoms with E-state index in [9.17, 15) is 4.79 Å². The van der Waals surface area contributed by atoms with E-state index >= 15 is 0 Å². The number of Topliss-reactive ketones (excluding diaryl/α,β-unsaturated/α-hetero) is 1. The first kappa shape index (κ1) is 11.7. The van der Waals surface area contributed by atoms with Crippen LogP contribution in [0.1, 0.15) is 33.6 Å². The number of morpholine rings is 1. The van der Waals surface area contributed by atoms with Crippen LogP contribution in [-0.4, -0.2) is 42.5 Å². The molecule has 14 heavy (non-hydrogen) atoms.